The predicted octanol–water partition coefficient (Wildman–Crippen LogP) is 3.52. The van der Waals surface area contributed by atoms with Crippen molar-refractivity contribution in [2.45, 2.75) is 32.7 Å². The van der Waals surface area contributed by atoms with Gasteiger partial charge >= 0.3 is 0 Å². The zero-order valence-corrected chi connectivity index (χ0v) is 12.1. The second kappa shape index (κ2) is 6.94. The Morgan fingerprint density at radius 2 is 1.95 bits per heavy atom. The number of ether oxygens (including phenoxy) is 1. The molecule has 0 heterocycles. The van der Waals surface area contributed by atoms with E-state index in [0.717, 1.165) is 29.4 Å². The zero-order chi connectivity index (χ0) is 14.4. The van der Waals surface area contributed by atoms with Crippen LogP contribution in [0.3, 0.4) is 0 Å². The summed E-state index contributed by atoms with van der Waals surface area (Å²) in [5.74, 6) is 0.681. The lowest BCUT2D eigenvalue weighted by Gasteiger charge is -2.14. The van der Waals surface area contributed by atoms with Crippen LogP contribution in [0.15, 0.2) is 42.5 Å². The van der Waals surface area contributed by atoms with Gasteiger partial charge in [-0.05, 0) is 24.8 Å². The fraction of sp³-hybridized carbons (Fsp3) is 0.353. The molecule has 106 valence electrons. The van der Waals surface area contributed by atoms with Gasteiger partial charge < -0.3 is 10.1 Å². The highest BCUT2D eigenvalue weighted by molar-refractivity contribution is 5.88. The average Bonchev–Trinajstić information content (AvgIpc) is 2.45. The van der Waals surface area contributed by atoms with Crippen molar-refractivity contribution >= 4 is 16.7 Å². The fourth-order valence-electron chi connectivity index (χ4n) is 2.29. The molecule has 0 unspecified atom stereocenters. The van der Waals surface area contributed by atoms with Crippen LogP contribution in [0.5, 0.6) is 5.75 Å². The normalized spacial score (nSPS) is 12.1. The van der Waals surface area contributed by atoms with E-state index in [1.54, 1.807) is 0 Å². The van der Waals surface area contributed by atoms with Crippen molar-refractivity contribution in [2.24, 2.45) is 0 Å². The van der Waals surface area contributed by atoms with Crippen LogP contribution < -0.4 is 10.1 Å². The van der Waals surface area contributed by atoms with E-state index in [1.807, 2.05) is 49.4 Å². The molecule has 0 radical (unpaired) electrons. The van der Waals surface area contributed by atoms with Crippen molar-refractivity contribution in [3.63, 3.8) is 0 Å². The van der Waals surface area contributed by atoms with Crippen LogP contribution in [-0.4, -0.2) is 18.6 Å². The largest absolute Gasteiger partial charge is 0.483 e. The Hall–Kier alpha value is -2.03. The number of hydrogen-bond donors (Lipinski definition) is 1. The molecule has 0 aromatic heterocycles. The number of carbonyl (C=O) groups is 1. The predicted molar refractivity (Wildman–Crippen MR) is 82.0 cm³/mol. The Kier molecular flexibility index (Phi) is 4.99. The first-order chi connectivity index (χ1) is 9.70. The number of benzene rings is 2. The van der Waals surface area contributed by atoms with Crippen molar-refractivity contribution in [1.29, 1.82) is 0 Å². The summed E-state index contributed by atoms with van der Waals surface area (Å²) >= 11 is 0. The first-order valence-corrected chi connectivity index (χ1v) is 7.10. The average molecular weight is 271 g/mol. The summed E-state index contributed by atoms with van der Waals surface area (Å²) < 4.78 is 5.65. The Labute approximate surface area is 119 Å². The van der Waals surface area contributed by atoms with Gasteiger partial charge in [0.1, 0.15) is 5.75 Å². The van der Waals surface area contributed by atoms with Crippen molar-refractivity contribution in [3.8, 4) is 5.75 Å². The van der Waals surface area contributed by atoms with Crippen LogP contribution in [0.4, 0.5) is 0 Å². The van der Waals surface area contributed by atoms with Crippen LogP contribution in [0.2, 0.25) is 0 Å². The zero-order valence-electron chi connectivity index (χ0n) is 12.1. The molecule has 0 spiro atoms. The van der Waals surface area contributed by atoms with Gasteiger partial charge in [-0.2, -0.15) is 0 Å². The van der Waals surface area contributed by atoms with E-state index < -0.39 is 0 Å². The summed E-state index contributed by atoms with van der Waals surface area (Å²) in [4.78, 5) is 11.8. The maximum Gasteiger partial charge on any atom is 0.258 e. The highest BCUT2D eigenvalue weighted by Crippen LogP contribution is 2.24. The molecule has 0 saturated heterocycles. The number of nitrogens with one attached hydrogen (secondary N) is 1. The Morgan fingerprint density at radius 3 is 2.75 bits per heavy atom. The van der Waals surface area contributed by atoms with E-state index >= 15 is 0 Å². The molecule has 0 saturated carbocycles. The topological polar surface area (TPSA) is 38.3 Å². The standard InChI is InChI=1S/C17H21NO2/c1-3-7-13(2)18-17(19)12-20-16-11-6-9-14-8-4-5-10-15(14)16/h4-6,8-11,13H,3,7,12H2,1-2H3,(H,18,19)/t13-/m0/s1. The molecule has 0 aliphatic carbocycles. The summed E-state index contributed by atoms with van der Waals surface area (Å²) in [6.07, 6.45) is 2.05. The van der Waals surface area contributed by atoms with E-state index in [9.17, 15) is 4.79 Å². The van der Waals surface area contributed by atoms with Gasteiger partial charge in [0.15, 0.2) is 6.61 Å². The molecular formula is C17H21NO2. The summed E-state index contributed by atoms with van der Waals surface area (Å²) in [6.45, 7) is 4.18. The highest BCUT2D eigenvalue weighted by Gasteiger charge is 2.08. The molecule has 0 fully saturated rings. The van der Waals surface area contributed by atoms with Gasteiger partial charge in [0.05, 0.1) is 0 Å². The number of carbonyl (C=O) groups excluding carboxylic acids is 1. The van der Waals surface area contributed by atoms with Gasteiger partial charge in [-0.3, -0.25) is 4.79 Å². The molecule has 20 heavy (non-hydrogen) atoms. The van der Waals surface area contributed by atoms with E-state index in [4.69, 9.17) is 4.74 Å². The first kappa shape index (κ1) is 14.4. The van der Waals surface area contributed by atoms with Gasteiger partial charge in [0.2, 0.25) is 0 Å². The molecular weight excluding hydrogens is 250 g/mol. The first-order valence-electron chi connectivity index (χ1n) is 7.10. The lowest BCUT2D eigenvalue weighted by atomic mass is 10.1. The van der Waals surface area contributed by atoms with Crippen molar-refractivity contribution in [1.82, 2.24) is 5.32 Å². The lowest BCUT2D eigenvalue weighted by molar-refractivity contribution is -0.123. The van der Waals surface area contributed by atoms with E-state index in [0.29, 0.717) is 0 Å². The fourth-order valence-corrected chi connectivity index (χ4v) is 2.29. The Balaban J connectivity index is 1.97. The van der Waals surface area contributed by atoms with E-state index in [-0.39, 0.29) is 18.6 Å². The maximum atomic E-state index is 11.8. The number of amides is 1. The van der Waals surface area contributed by atoms with Crippen LogP contribution >= 0.6 is 0 Å². The highest BCUT2D eigenvalue weighted by atomic mass is 16.5. The summed E-state index contributed by atoms with van der Waals surface area (Å²) in [5.41, 5.74) is 0. The molecule has 0 aliphatic heterocycles. The smallest absolute Gasteiger partial charge is 0.258 e. The third-order valence-corrected chi connectivity index (χ3v) is 3.24. The minimum atomic E-state index is -0.0705. The molecule has 3 heteroatoms. The number of rotatable bonds is 6. The second-order valence-electron chi connectivity index (χ2n) is 5.02. The molecule has 2 aromatic carbocycles. The number of fused-ring (bicyclic) bond motifs is 1. The quantitative estimate of drug-likeness (QED) is 0.873. The van der Waals surface area contributed by atoms with Crippen LogP contribution in [0.1, 0.15) is 26.7 Å². The minimum Gasteiger partial charge on any atom is -0.483 e. The minimum absolute atomic E-state index is 0.0576. The summed E-state index contributed by atoms with van der Waals surface area (Å²) in [6, 6.07) is 14.1. The van der Waals surface area contributed by atoms with Crippen LogP contribution in [0, 0.1) is 0 Å². The summed E-state index contributed by atoms with van der Waals surface area (Å²) in [5, 5.41) is 5.08. The van der Waals surface area contributed by atoms with Gasteiger partial charge in [0.25, 0.3) is 5.91 Å². The van der Waals surface area contributed by atoms with Crippen molar-refractivity contribution in [2.75, 3.05) is 6.61 Å². The van der Waals surface area contributed by atoms with Gasteiger partial charge in [0, 0.05) is 11.4 Å². The van der Waals surface area contributed by atoms with Gasteiger partial charge in [-0.15, -0.1) is 0 Å². The maximum absolute atomic E-state index is 11.8. The molecule has 1 N–H and O–H groups in total. The molecule has 3 nitrogen and oxygen atoms in total. The van der Waals surface area contributed by atoms with Gasteiger partial charge in [-0.25, -0.2) is 0 Å². The third-order valence-electron chi connectivity index (χ3n) is 3.24. The van der Waals surface area contributed by atoms with Gasteiger partial charge in [-0.1, -0.05) is 49.7 Å². The molecule has 1 amide bonds. The molecule has 2 aromatic rings. The number of hydrogen-bond acceptors (Lipinski definition) is 2. The lowest BCUT2D eigenvalue weighted by Crippen LogP contribution is -2.35. The third kappa shape index (κ3) is 3.73. The van der Waals surface area contributed by atoms with Crippen LogP contribution in [0.25, 0.3) is 10.8 Å². The van der Waals surface area contributed by atoms with Crippen molar-refractivity contribution < 1.29 is 9.53 Å². The molecule has 2 rings (SSSR count). The molecule has 1 atom stereocenters. The van der Waals surface area contributed by atoms with Crippen LogP contribution in [-0.2, 0) is 4.79 Å². The van der Waals surface area contributed by atoms with E-state index in [1.165, 1.54) is 0 Å². The molecule has 0 aliphatic rings. The SMILES string of the molecule is CCC[C@H](C)NC(=O)COc1cccc2ccccc12. The van der Waals surface area contributed by atoms with Crippen molar-refractivity contribution in [3.05, 3.63) is 42.5 Å². The summed E-state index contributed by atoms with van der Waals surface area (Å²) in [7, 11) is 0. The second-order valence-corrected chi connectivity index (χ2v) is 5.02. The Bertz CT molecular complexity index is 575. The Morgan fingerprint density at radius 1 is 1.20 bits per heavy atom. The monoisotopic (exact) mass is 271 g/mol. The molecule has 0 bridgehead atoms. The van der Waals surface area contributed by atoms with E-state index in [2.05, 4.69) is 12.2 Å².